The Morgan fingerprint density at radius 3 is 2.47 bits per heavy atom. The standard InChI is InChI=1S/C12H13F2N2P/c1-2-16-8-10(9-6-4-3-5-7-9)11(15-16)12(13,14)17/h3-8H,2,17H2,1H3. The Morgan fingerprint density at radius 2 is 1.94 bits per heavy atom. The van der Waals surface area contributed by atoms with Gasteiger partial charge >= 0.3 is 5.66 Å². The Kier molecular flexibility index (Phi) is 3.25. The molecular formula is C12H13F2N2P. The zero-order valence-electron chi connectivity index (χ0n) is 9.40. The van der Waals surface area contributed by atoms with E-state index >= 15 is 0 Å². The van der Waals surface area contributed by atoms with Crippen LogP contribution in [0.1, 0.15) is 12.6 Å². The zero-order chi connectivity index (χ0) is 12.5. The highest BCUT2D eigenvalue weighted by molar-refractivity contribution is 7.17. The molecule has 1 unspecified atom stereocenters. The molecule has 0 amide bonds. The van der Waals surface area contributed by atoms with Gasteiger partial charge in [-0.05, 0) is 12.5 Å². The van der Waals surface area contributed by atoms with Crippen molar-refractivity contribution in [1.82, 2.24) is 9.78 Å². The van der Waals surface area contributed by atoms with Crippen LogP contribution in [0.4, 0.5) is 8.78 Å². The van der Waals surface area contributed by atoms with Crippen LogP contribution in [-0.4, -0.2) is 9.78 Å². The van der Waals surface area contributed by atoms with Gasteiger partial charge in [0.2, 0.25) is 0 Å². The van der Waals surface area contributed by atoms with E-state index in [1.165, 1.54) is 13.9 Å². The molecule has 0 bridgehead atoms. The van der Waals surface area contributed by atoms with E-state index in [9.17, 15) is 8.78 Å². The molecule has 0 aliphatic carbocycles. The van der Waals surface area contributed by atoms with Crippen molar-refractivity contribution >= 4 is 9.24 Å². The van der Waals surface area contributed by atoms with Gasteiger partial charge < -0.3 is 0 Å². The Bertz CT molecular complexity index is 503. The summed E-state index contributed by atoms with van der Waals surface area (Å²) in [5.74, 6) is 0. The highest BCUT2D eigenvalue weighted by Crippen LogP contribution is 2.39. The third-order valence-electron chi connectivity index (χ3n) is 2.49. The van der Waals surface area contributed by atoms with E-state index in [-0.39, 0.29) is 5.69 Å². The Morgan fingerprint density at radius 1 is 1.29 bits per heavy atom. The van der Waals surface area contributed by atoms with Crippen molar-refractivity contribution in [1.29, 1.82) is 0 Å². The first-order valence-corrected chi connectivity index (χ1v) is 5.90. The maximum Gasteiger partial charge on any atom is 0.302 e. The molecule has 2 rings (SSSR count). The van der Waals surface area contributed by atoms with E-state index in [0.717, 1.165) is 5.56 Å². The third-order valence-corrected chi connectivity index (χ3v) is 2.76. The lowest BCUT2D eigenvalue weighted by atomic mass is 10.1. The summed E-state index contributed by atoms with van der Waals surface area (Å²) in [5.41, 5.74) is -1.97. The molecule has 0 radical (unpaired) electrons. The second kappa shape index (κ2) is 4.53. The summed E-state index contributed by atoms with van der Waals surface area (Å²) in [5, 5.41) is 3.92. The van der Waals surface area contributed by atoms with Crippen LogP contribution < -0.4 is 0 Å². The summed E-state index contributed by atoms with van der Waals surface area (Å²) in [6.07, 6.45) is 1.66. The number of benzene rings is 1. The highest BCUT2D eigenvalue weighted by atomic mass is 31.0. The first kappa shape index (κ1) is 12.2. The summed E-state index contributed by atoms with van der Waals surface area (Å²) < 4.78 is 28.4. The minimum absolute atomic E-state index is 0.199. The summed E-state index contributed by atoms with van der Waals surface area (Å²) >= 11 is 0. The fraction of sp³-hybridized carbons (Fsp3) is 0.250. The summed E-state index contributed by atoms with van der Waals surface area (Å²) in [4.78, 5) is 0. The van der Waals surface area contributed by atoms with Crippen molar-refractivity contribution in [2.24, 2.45) is 0 Å². The SMILES string of the molecule is CCn1cc(-c2ccccc2)c(C(F)(F)P)n1. The van der Waals surface area contributed by atoms with Crippen LogP contribution in [-0.2, 0) is 12.2 Å². The second-order valence-corrected chi connectivity index (χ2v) is 4.46. The molecule has 1 aromatic carbocycles. The van der Waals surface area contributed by atoms with Gasteiger partial charge in [-0.15, -0.1) is 0 Å². The molecule has 0 spiro atoms. The van der Waals surface area contributed by atoms with Gasteiger partial charge in [-0.25, -0.2) is 0 Å². The maximum atomic E-state index is 13.4. The smallest absolute Gasteiger partial charge is 0.272 e. The van der Waals surface area contributed by atoms with Gasteiger partial charge in [0, 0.05) is 18.3 Å². The first-order chi connectivity index (χ1) is 8.02. The summed E-state index contributed by atoms with van der Waals surface area (Å²) in [7, 11) is 1.54. The van der Waals surface area contributed by atoms with E-state index < -0.39 is 5.66 Å². The lowest BCUT2D eigenvalue weighted by Crippen LogP contribution is -2.06. The quantitative estimate of drug-likeness (QED) is 0.766. The summed E-state index contributed by atoms with van der Waals surface area (Å²) in [6.45, 7) is 2.44. The largest absolute Gasteiger partial charge is 0.302 e. The van der Waals surface area contributed by atoms with Crippen LogP contribution in [0.5, 0.6) is 0 Å². The van der Waals surface area contributed by atoms with Gasteiger partial charge in [-0.3, -0.25) is 4.68 Å². The van der Waals surface area contributed by atoms with Crippen LogP contribution in [0.15, 0.2) is 36.5 Å². The van der Waals surface area contributed by atoms with E-state index in [1.807, 2.05) is 25.1 Å². The van der Waals surface area contributed by atoms with Gasteiger partial charge in [-0.2, -0.15) is 13.9 Å². The topological polar surface area (TPSA) is 17.8 Å². The number of aryl methyl sites for hydroxylation is 1. The van der Waals surface area contributed by atoms with Gasteiger partial charge in [0.05, 0.1) is 0 Å². The van der Waals surface area contributed by atoms with Crippen LogP contribution in [0.3, 0.4) is 0 Å². The zero-order valence-corrected chi connectivity index (χ0v) is 10.6. The first-order valence-electron chi connectivity index (χ1n) is 5.32. The van der Waals surface area contributed by atoms with Crippen molar-refractivity contribution in [3.8, 4) is 11.1 Å². The molecular weight excluding hydrogens is 241 g/mol. The van der Waals surface area contributed by atoms with E-state index in [0.29, 0.717) is 12.1 Å². The predicted octanol–water partition coefficient (Wildman–Crippen LogP) is 3.49. The molecule has 0 saturated heterocycles. The van der Waals surface area contributed by atoms with Crippen molar-refractivity contribution in [2.45, 2.75) is 19.1 Å². The second-order valence-electron chi connectivity index (χ2n) is 3.74. The average Bonchev–Trinajstić information content (AvgIpc) is 2.74. The molecule has 17 heavy (non-hydrogen) atoms. The number of aromatic nitrogens is 2. The van der Waals surface area contributed by atoms with Gasteiger partial charge in [0.25, 0.3) is 0 Å². The molecule has 1 aromatic heterocycles. The minimum Gasteiger partial charge on any atom is -0.272 e. The van der Waals surface area contributed by atoms with Crippen molar-refractivity contribution < 1.29 is 8.78 Å². The number of halogens is 2. The molecule has 0 aliphatic rings. The molecule has 0 saturated carbocycles. The van der Waals surface area contributed by atoms with Crippen LogP contribution >= 0.6 is 9.24 Å². The molecule has 5 heteroatoms. The third kappa shape index (κ3) is 2.52. The number of rotatable bonds is 3. The van der Waals surface area contributed by atoms with Crippen LogP contribution in [0.2, 0.25) is 0 Å². The Labute approximate surface area is 101 Å². The van der Waals surface area contributed by atoms with E-state index in [2.05, 4.69) is 5.10 Å². The molecule has 2 nitrogen and oxygen atoms in total. The molecule has 1 atom stereocenters. The predicted molar refractivity (Wildman–Crippen MR) is 66.9 cm³/mol. The van der Waals surface area contributed by atoms with Crippen molar-refractivity contribution in [3.63, 3.8) is 0 Å². The van der Waals surface area contributed by atoms with Crippen molar-refractivity contribution in [3.05, 3.63) is 42.2 Å². The number of hydrogen-bond acceptors (Lipinski definition) is 1. The van der Waals surface area contributed by atoms with E-state index in [4.69, 9.17) is 0 Å². The highest BCUT2D eigenvalue weighted by Gasteiger charge is 2.31. The number of nitrogens with zero attached hydrogens (tertiary/aromatic N) is 2. The monoisotopic (exact) mass is 254 g/mol. The van der Waals surface area contributed by atoms with Crippen molar-refractivity contribution in [2.75, 3.05) is 0 Å². The maximum absolute atomic E-state index is 13.4. The van der Waals surface area contributed by atoms with Gasteiger partial charge in [0.15, 0.2) is 0 Å². The van der Waals surface area contributed by atoms with E-state index in [1.54, 1.807) is 18.3 Å². The minimum atomic E-state index is -3.01. The summed E-state index contributed by atoms with van der Waals surface area (Å²) in [6, 6.07) is 9.10. The molecule has 0 aliphatic heterocycles. The Balaban J connectivity index is 2.57. The molecule has 1 heterocycles. The number of hydrogen-bond donors (Lipinski definition) is 0. The fourth-order valence-corrected chi connectivity index (χ4v) is 1.87. The lowest BCUT2D eigenvalue weighted by Gasteiger charge is -2.09. The van der Waals surface area contributed by atoms with Gasteiger partial charge in [-0.1, -0.05) is 39.6 Å². The van der Waals surface area contributed by atoms with Gasteiger partial charge in [0.1, 0.15) is 5.69 Å². The lowest BCUT2D eigenvalue weighted by molar-refractivity contribution is 0.0983. The van der Waals surface area contributed by atoms with Crippen LogP contribution in [0, 0.1) is 0 Å². The van der Waals surface area contributed by atoms with Crippen LogP contribution in [0.25, 0.3) is 11.1 Å². The number of alkyl halides is 2. The average molecular weight is 254 g/mol. The Hall–Kier alpha value is -1.28. The molecule has 90 valence electrons. The molecule has 0 N–H and O–H groups in total. The fourth-order valence-electron chi connectivity index (χ4n) is 1.66. The normalized spacial score (nSPS) is 11.8. The molecule has 0 fully saturated rings. The molecule has 2 aromatic rings.